The predicted octanol–water partition coefficient (Wildman–Crippen LogP) is 4.39. The second-order valence-corrected chi connectivity index (χ2v) is 9.46. The second kappa shape index (κ2) is 7.84. The summed E-state index contributed by atoms with van der Waals surface area (Å²) in [4.78, 5) is 12.6. The van der Waals surface area contributed by atoms with E-state index in [1.54, 1.807) is 35.6 Å². The molecule has 8 nitrogen and oxygen atoms in total. The number of fused-ring (bicyclic) bond motifs is 1. The van der Waals surface area contributed by atoms with E-state index in [0.717, 1.165) is 27.7 Å². The number of nitrogens with one attached hydrogen (secondary N) is 3. The number of nitrogens with zero attached hydrogens (tertiary/aromatic N) is 3. The Balaban J connectivity index is 1.61. The third-order valence-corrected chi connectivity index (χ3v) is 5.51. The Morgan fingerprint density at radius 1 is 1.03 bits per heavy atom. The molecule has 0 aliphatic heterocycles. The lowest BCUT2D eigenvalue weighted by Crippen LogP contribution is -2.11. The Morgan fingerprint density at radius 2 is 1.80 bits per heavy atom. The van der Waals surface area contributed by atoms with Crippen LogP contribution in [0.5, 0.6) is 0 Å². The van der Waals surface area contributed by atoms with Crippen LogP contribution >= 0.6 is 11.3 Å². The fourth-order valence-electron chi connectivity index (χ4n) is 2.77. The Morgan fingerprint density at radius 3 is 2.57 bits per heavy atom. The molecule has 0 aliphatic rings. The number of sulfonamides is 1. The van der Waals surface area contributed by atoms with Crippen molar-refractivity contribution in [1.29, 1.82) is 0 Å². The van der Waals surface area contributed by atoms with Crippen molar-refractivity contribution in [2.45, 2.75) is 6.92 Å². The van der Waals surface area contributed by atoms with Crippen LogP contribution < -0.4 is 15.4 Å². The van der Waals surface area contributed by atoms with Gasteiger partial charge in [-0.2, -0.15) is 4.98 Å². The molecule has 0 unspecified atom stereocenters. The molecule has 0 radical (unpaired) electrons. The molecule has 0 fully saturated rings. The fraction of sp³-hybridized carbons (Fsp3) is 0.105. The van der Waals surface area contributed by atoms with Gasteiger partial charge in [-0.25, -0.2) is 22.8 Å². The fourth-order valence-corrected chi connectivity index (χ4v) is 4.16. The Hall–Kier alpha value is -3.31. The highest BCUT2D eigenvalue weighted by atomic mass is 32.2. The van der Waals surface area contributed by atoms with Crippen molar-refractivity contribution in [3.05, 3.63) is 59.5 Å². The first-order valence-electron chi connectivity index (χ1n) is 8.77. The van der Waals surface area contributed by atoms with Crippen molar-refractivity contribution in [1.82, 2.24) is 15.0 Å². The van der Waals surface area contributed by atoms with Crippen LogP contribution in [-0.4, -0.2) is 29.6 Å². The highest BCUT2D eigenvalue weighted by Gasteiger charge is 2.12. The summed E-state index contributed by atoms with van der Waals surface area (Å²) in [6.45, 7) is 1.94. The minimum absolute atomic E-state index is 0.0965. The molecule has 2 aromatic heterocycles. The molecule has 0 spiro atoms. The maximum atomic E-state index is 14.3. The van der Waals surface area contributed by atoms with Crippen LogP contribution in [0.1, 0.15) is 5.01 Å². The Bertz CT molecular complexity index is 1340. The van der Waals surface area contributed by atoms with E-state index in [1.807, 2.05) is 25.1 Å². The van der Waals surface area contributed by atoms with Crippen LogP contribution in [0, 0.1) is 12.7 Å². The van der Waals surface area contributed by atoms with Crippen molar-refractivity contribution >= 4 is 60.4 Å². The summed E-state index contributed by atoms with van der Waals surface area (Å²) in [6.07, 6.45) is 2.08. The smallest absolute Gasteiger partial charge is 0.229 e. The van der Waals surface area contributed by atoms with E-state index in [0.29, 0.717) is 11.4 Å². The molecule has 0 atom stereocenters. The number of hydrogen-bond donors (Lipinski definition) is 3. The van der Waals surface area contributed by atoms with E-state index in [4.69, 9.17) is 0 Å². The number of halogens is 1. The summed E-state index contributed by atoms with van der Waals surface area (Å²) in [5, 5.41) is 6.82. The van der Waals surface area contributed by atoms with Gasteiger partial charge in [0.05, 0.1) is 39.1 Å². The predicted molar refractivity (Wildman–Crippen MR) is 118 cm³/mol. The summed E-state index contributed by atoms with van der Waals surface area (Å²) in [5.41, 5.74) is 2.19. The minimum Gasteiger partial charge on any atom is -0.336 e. The van der Waals surface area contributed by atoms with Gasteiger partial charge in [-0.3, -0.25) is 4.72 Å². The van der Waals surface area contributed by atoms with Gasteiger partial charge in [-0.1, -0.05) is 12.1 Å². The first kappa shape index (κ1) is 20.0. The van der Waals surface area contributed by atoms with Gasteiger partial charge in [0.15, 0.2) is 11.6 Å². The lowest BCUT2D eigenvalue weighted by Gasteiger charge is -2.13. The molecular formula is C19H17FN6O2S2. The molecule has 11 heteroatoms. The first-order chi connectivity index (χ1) is 14.3. The van der Waals surface area contributed by atoms with Crippen LogP contribution in [-0.2, 0) is 10.0 Å². The van der Waals surface area contributed by atoms with Gasteiger partial charge >= 0.3 is 0 Å². The molecule has 0 bridgehead atoms. The van der Waals surface area contributed by atoms with Crippen LogP contribution in [0.2, 0.25) is 0 Å². The number of aromatic nitrogens is 3. The topological polar surface area (TPSA) is 109 Å². The lowest BCUT2D eigenvalue weighted by atomic mass is 10.2. The van der Waals surface area contributed by atoms with Crippen molar-refractivity contribution in [3.63, 3.8) is 0 Å². The third kappa shape index (κ3) is 4.63. The number of aryl methyl sites for hydroxylation is 1. The van der Waals surface area contributed by atoms with Crippen molar-refractivity contribution < 1.29 is 12.8 Å². The maximum absolute atomic E-state index is 14.3. The molecular weight excluding hydrogens is 427 g/mol. The molecule has 0 saturated heterocycles. The standard InChI is InChI=1S/C19H17FN6O2S2/c1-11-22-16-9-12(7-8-17(16)29-11)23-19-21-10-13(20)18(25-19)24-14-5-3-4-6-15(14)26-30(2,27)28/h3-10,26H,1-2H3,(H2,21,23,24,25). The quantitative estimate of drug-likeness (QED) is 0.405. The zero-order valence-corrected chi connectivity index (χ0v) is 17.6. The van der Waals surface area contributed by atoms with Gasteiger partial charge in [0.2, 0.25) is 16.0 Å². The van der Waals surface area contributed by atoms with E-state index < -0.39 is 15.8 Å². The Labute approximate surface area is 176 Å². The van der Waals surface area contributed by atoms with E-state index >= 15 is 0 Å². The number of thiazole rings is 1. The molecule has 154 valence electrons. The monoisotopic (exact) mass is 444 g/mol. The summed E-state index contributed by atoms with van der Waals surface area (Å²) in [7, 11) is -3.50. The normalized spacial score (nSPS) is 11.4. The molecule has 0 aliphatic carbocycles. The van der Waals surface area contributed by atoms with Crippen LogP contribution in [0.3, 0.4) is 0 Å². The van der Waals surface area contributed by atoms with Crippen LogP contribution in [0.15, 0.2) is 48.7 Å². The van der Waals surface area contributed by atoms with E-state index in [2.05, 4.69) is 30.3 Å². The Kier molecular flexibility index (Phi) is 5.22. The highest BCUT2D eigenvalue weighted by molar-refractivity contribution is 7.92. The zero-order valence-electron chi connectivity index (χ0n) is 16.0. The summed E-state index contributed by atoms with van der Waals surface area (Å²) in [5.74, 6) is -0.597. The summed E-state index contributed by atoms with van der Waals surface area (Å²) < 4.78 is 40.9. The van der Waals surface area contributed by atoms with Gasteiger partial charge in [0, 0.05) is 5.69 Å². The number of anilines is 5. The number of rotatable bonds is 6. The molecule has 4 aromatic rings. The van der Waals surface area contributed by atoms with E-state index in [1.165, 1.54) is 0 Å². The summed E-state index contributed by atoms with van der Waals surface area (Å²) in [6, 6.07) is 12.2. The second-order valence-electron chi connectivity index (χ2n) is 6.48. The molecule has 0 saturated carbocycles. The van der Waals surface area contributed by atoms with Crippen LogP contribution in [0.25, 0.3) is 10.2 Å². The number of benzene rings is 2. The van der Waals surface area contributed by atoms with Gasteiger partial charge in [0.1, 0.15) is 0 Å². The van der Waals surface area contributed by atoms with Crippen LogP contribution in [0.4, 0.5) is 33.2 Å². The lowest BCUT2D eigenvalue weighted by molar-refractivity contribution is 0.607. The zero-order chi connectivity index (χ0) is 21.3. The first-order valence-corrected chi connectivity index (χ1v) is 11.5. The molecule has 4 rings (SSSR count). The van der Waals surface area contributed by atoms with Gasteiger partial charge in [-0.05, 0) is 37.3 Å². The number of hydrogen-bond acceptors (Lipinski definition) is 8. The minimum atomic E-state index is -3.50. The molecule has 2 aromatic carbocycles. The molecule has 3 N–H and O–H groups in total. The van der Waals surface area contributed by atoms with Crippen molar-refractivity contribution in [2.75, 3.05) is 21.6 Å². The molecule has 2 heterocycles. The summed E-state index contributed by atoms with van der Waals surface area (Å²) >= 11 is 1.60. The average molecular weight is 445 g/mol. The highest BCUT2D eigenvalue weighted by Crippen LogP contribution is 2.28. The van der Waals surface area contributed by atoms with Crippen molar-refractivity contribution in [3.8, 4) is 0 Å². The van der Waals surface area contributed by atoms with Gasteiger partial charge < -0.3 is 10.6 Å². The van der Waals surface area contributed by atoms with Gasteiger partial charge in [0.25, 0.3) is 0 Å². The van der Waals surface area contributed by atoms with E-state index in [-0.39, 0.29) is 17.5 Å². The van der Waals surface area contributed by atoms with Crippen molar-refractivity contribution in [2.24, 2.45) is 0 Å². The third-order valence-electron chi connectivity index (χ3n) is 3.97. The average Bonchev–Trinajstić information content (AvgIpc) is 3.04. The SMILES string of the molecule is Cc1nc2cc(Nc3ncc(F)c(Nc4ccccc4NS(C)(=O)=O)n3)ccc2s1. The number of para-hydroxylation sites is 2. The largest absolute Gasteiger partial charge is 0.336 e. The van der Waals surface area contributed by atoms with Gasteiger partial charge in [-0.15, -0.1) is 11.3 Å². The molecule has 0 amide bonds. The molecule has 30 heavy (non-hydrogen) atoms. The van der Waals surface area contributed by atoms with E-state index in [9.17, 15) is 12.8 Å². The maximum Gasteiger partial charge on any atom is 0.229 e.